The van der Waals surface area contributed by atoms with E-state index >= 15 is 0 Å². The molecule has 0 saturated carbocycles. The van der Waals surface area contributed by atoms with Crippen molar-refractivity contribution in [3.05, 3.63) is 24.2 Å². The average Bonchev–Trinajstić information content (AvgIpc) is 3.14. The molecule has 2 saturated heterocycles. The van der Waals surface area contributed by atoms with Crippen LogP contribution in [0.15, 0.2) is 22.8 Å². The Kier molecular flexibility index (Phi) is 4.84. The predicted octanol–water partition coefficient (Wildman–Crippen LogP) is 1.89. The van der Waals surface area contributed by atoms with Crippen LogP contribution in [0.1, 0.15) is 26.0 Å². The molecular weight excluding hydrogens is 280 g/mol. The smallest absolute Gasteiger partial charge is 0.225 e. The molecule has 1 N–H and O–H groups in total. The number of likely N-dealkylation sites (tertiary alicyclic amines) is 1. The van der Waals surface area contributed by atoms with Gasteiger partial charge >= 0.3 is 0 Å². The van der Waals surface area contributed by atoms with Crippen LogP contribution in [-0.4, -0.2) is 43.2 Å². The van der Waals surface area contributed by atoms with Crippen LogP contribution in [0.4, 0.5) is 0 Å². The lowest BCUT2D eigenvalue weighted by atomic mass is 9.82. The van der Waals surface area contributed by atoms with Crippen molar-refractivity contribution in [3.8, 4) is 0 Å². The van der Waals surface area contributed by atoms with Gasteiger partial charge in [0.05, 0.1) is 24.8 Å². The van der Waals surface area contributed by atoms with Gasteiger partial charge in [-0.3, -0.25) is 9.69 Å². The molecule has 0 aromatic carbocycles. The summed E-state index contributed by atoms with van der Waals surface area (Å²) in [7, 11) is 0. The fraction of sp³-hybridized carbons (Fsp3) is 0.706. The molecule has 22 heavy (non-hydrogen) atoms. The lowest BCUT2D eigenvalue weighted by Crippen LogP contribution is -2.53. The number of furan rings is 1. The molecule has 0 bridgehead atoms. The summed E-state index contributed by atoms with van der Waals surface area (Å²) in [5.74, 6) is 1.91. The number of hydrogen-bond donors (Lipinski definition) is 1. The molecule has 0 unspecified atom stereocenters. The van der Waals surface area contributed by atoms with Crippen LogP contribution >= 0.6 is 0 Å². The minimum atomic E-state index is 0.0231. The summed E-state index contributed by atoms with van der Waals surface area (Å²) in [4.78, 5) is 15.0. The third kappa shape index (κ3) is 3.52. The van der Waals surface area contributed by atoms with Gasteiger partial charge in [-0.15, -0.1) is 0 Å². The minimum absolute atomic E-state index is 0.0231. The number of carbonyl (C=O) groups is 1. The van der Waals surface area contributed by atoms with Gasteiger partial charge in [0.1, 0.15) is 5.76 Å². The summed E-state index contributed by atoms with van der Waals surface area (Å²) in [6, 6.07) is 3.72. The molecule has 3 heterocycles. The summed E-state index contributed by atoms with van der Waals surface area (Å²) in [6.07, 6.45) is 2.85. The molecule has 2 aliphatic rings. The zero-order valence-corrected chi connectivity index (χ0v) is 13.5. The van der Waals surface area contributed by atoms with Gasteiger partial charge < -0.3 is 14.5 Å². The highest BCUT2D eigenvalue weighted by molar-refractivity contribution is 5.79. The highest BCUT2D eigenvalue weighted by Gasteiger charge is 2.43. The van der Waals surface area contributed by atoms with E-state index in [0.717, 1.165) is 38.4 Å². The number of fused-ring (bicyclic) bond motifs is 1. The second kappa shape index (κ2) is 6.84. The van der Waals surface area contributed by atoms with E-state index in [0.29, 0.717) is 18.4 Å². The molecule has 0 aliphatic carbocycles. The molecule has 1 aromatic heterocycles. The zero-order chi connectivity index (χ0) is 15.5. The highest BCUT2D eigenvalue weighted by Crippen LogP contribution is 2.34. The Labute approximate surface area is 132 Å². The summed E-state index contributed by atoms with van der Waals surface area (Å²) in [5.41, 5.74) is 0. The summed E-state index contributed by atoms with van der Waals surface area (Å²) in [5, 5.41) is 3.03. The Hall–Kier alpha value is -1.33. The van der Waals surface area contributed by atoms with E-state index in [-0.39, 0.29) is 17.9 Å². The van der Waals surface area contributed by atoms with Gasteiger partial charge in [0.25, 0.3) is 0 Å². The van der Waals surface area contributed by atoms with Crippen LogP contribution < -0.4 is 5.32 Å². The maximum atomic E-state index is 12.6. The molecule has 2 aliphatic heterocycles. The van der Waals surface area contributed by atoms with Crippen LogP contribution in [0.25, 0.3) is 0 Å². The maximum absolute atomic E-state index is 12.6. The topological polar surface area (TPSA) is 54.7 Å². The van der Waals surface area contributed by atoms with Crippen LogP contribution in [-0.2, 0) is 16.1 Å². The molecule has 3 atom stereocenters. The van der Waals surface area contributed by atoms with Gasteiger partial charge in [-0.25, -0.2) is 0 Å². The molecule has 3 rings (SSSR count). The molecule has 1 amide bonds. The third-order valence-corrected chi connectivity index (χ3v) is 4.65. The fourth-order valence-electron chi connectivity index (χ4n) is 3.72. The first-order valence-corrected chi connectivity index (χ1v) is 8.27. The van der Waals surface area contributed by atoms with Crippen molar-refractivity contribution in [3.63, 3.8) is 0 Å². The second-order valence-electron chi connectivity index (χ2n) is 6.88. The van der Waals surface area contributed by atoms with Crippen molar-refractivity contribution in [2.75, 3.05) is 26.2 Å². The predicted molar refractivity (Wildman–Crippen MR) is 83.2 cm³/mol. The number of rotatable bonds is 5. The lowest BCUT2D eigenvalue weighted by Gasteiger charge is -2.40. The van der Waals surface area contributed by atoms with Crippen molar-refractivity contribution < 1.29 is 13.9 Å². The minimum Gasteiger partial charge on any atom is -0.467 e. The number of ether oxygens (including phenoxy) is 1. The van der Waals surface area contributed by atoms with Crippen LogP contribution in [0, 0.1) is 17.8 Å². The number of amides is 1. The maximum Gasteiger partial charge on any atom is 0.225 e. The van der Waals surface area contributed by atoms with E-state index in [1.807, 2.05) is 12.1 Å². The van der Waals surface area contributed by atoms with Crippen molar-refractivity contribution in [2.45, 2.75) is 32.9 Å². The SMILES string of the molecule is CC(C)CN1C[C@@H]2OCC[C@@H]2[C@@H](C(=O)NCc2ccco2)C1. The van der Waals surface area contributed by atoms with E-state index in [4.69, 9.17) is 9.15 Å². The molecule has 5 nitrogen and oxygen atoms in total. The number of carbonyl (C=O) groups excluding carboxylic acids is 1. The second-order valence-corrected chi connectivity index (χ2v) is 6.88. The van der Waals surface area contributed by atoms with Crippen LogP contribution in [0.3, 0.4) is 0 Å². The first-order chi connectivity index (χ1) is 10.6. The van der Waals surface area contributed by atoms with Gasteiger partial charge in [0, 0.05) is 32.2 Å². The molecule has 0 spiro atoms. The summed E-state index contributed by atoms with van der Waals surface area (Å²) < 4.78 is 11.1. The molecule has 5 heteroatoms. The molecular formula is C17H26N2O3. The quantitative estimate of drug-likeness (QED) is 0.902. The normalized spacial score (nSPS) is 28.8. The van der Waals surface area contributed by atoms with Gasteiger partial charge in [-0.1, -0.05) is 13.8 Å². The van der Waals surface area contributed by atoms with Gasteiger partial charge in [0.15, 0.2) is 0 Å². The van der Waals surface area contributed by atoms with Gasteiger partial charge in [-0.2, -0.15) is 0 Å². The highest BCUT2D eigenvalue weighted by atomic mass is 16.5. The Morgan fingerprint density at radius 1 is 1.45 bits per heavy atom. The first kappa shape index (κ1) is 15.6. The summed E-state index contributed by atoms with van der Waals surface area (Å²) >= 11 is 0. The van der Waals surface area contributed by atoms with E-state index in [9.17, 15) is 4.79 Å². The van der Waals surface area contributed by atoms with Crippen molar-refractivity contribution >= 4 is 5.91 Å². The molecule has 122 valence electrons. The number of piperidine rings is 1. The average molecular weight is 306 g/mol. The van der Waals surface area contributed by atoms with Gasteiger partial charge in [0.2, 0.25) is 5.91 Å². The van der Waals surface area contributed by atoms with E-state index in [1.165, 1.54) is 0 Å². The molecule has 0 radical (unpaired) electrons. The monoisotopic (exact) mass is 306 g/mol. The van der Waals surface area contributed by atoms with Crippen LogP contribution in [0.5, 0.6) is 0 Å². The lowest BCUT2D eigenvalue weighted by molar-refractivity contribution is -0.131. The largest absolute Gasteiger partial charge is 0.467 e. The van der Waals surface area contributed by atoms with Crippen molar-refractivity contribution in [1.82, 2.24) is 10.2 Å². The number of nitrogens with zero attached hydrogens (tertiary/aromatic N) is 1. The molecule has 1 aromatic rings. The molecule has 2 fully saturated rings. The van der Waals surface area contributed by atoms with E-state index in [1.54, 1.807) is 6.26 Å². The Balaban J connectivity index is 1.62. The standard InChI is InChI=1S/C17H26N2O3/c1-12(2)9-19-10-15(14-5-7-22-16(14)11-19)17(20)18-8-13-4-3-6-21-13/h3-4,6,12,14-16H,5,7-11H2,1-2H3,(H,18,20)/t14-,15+,16+/m1/s1. The fourth-order valence-corrected chi connectivity index (χ4v) is 3.72. The van der Waals surface area contributed by atoms with Crippen LogP contribution in [0.2, 0.25) is 0 Å². The van der Waals surface area contributed by atoms with E-state index in [2.05, 4.69) is 24.1 Å². The Bertz CT molecular complexity index is 486. The van der Waals surface area contributed by atoms with Gasteiger partial charge in [-0.05, 0) is 24.5 Å². The number of hydrogen-bond acceptors (Lipinski definition) is 4. The zero-order valence-electron chi connectivity index (χ0n) is 13.5. The van der Waals surface area contributed by atoms with Crippen molar-refractivity contribution in [1.29, 1.82) is 0 Å². The third-order valence-electron chi connectivity index (χ3n) is 4.65. The number of nitrogens with one attached hydrogen (secondary N) is 1. The first-order valence-electron chi connectivity index (χ1n) is 8.27. The Morgan fingerprint density at radius 3 is 3.05 bits per heavy atom. The Morgan fingerprint density at radius 2 is 2.32 bits per heavy atom. The van der Waals surface area contributed by atoms with Crippen molar-refractivity contribution in [2.24, 2.45) is 17.8 Å². The summed E-state index contributed by atoms with van der Waals surface area (Å²) in [6.45, 7) is 8.50. The van der Waals surface area contributed by atoms with E-state index < -0.39 is 0 Å².